The molecular formula is C14H30N2O. The Balaban J connectivity index is 4.32. The predicted molar refractivity (Wildman–Crippen MR) is 73.8 cm³/mol. The number of hydrogen-bond acceptors (Lipinski definition) is 2. The number of carbonyl (C=O) groups excluding carboxylic acids is 1. The van der Waals surface area contributed by atoms with Crippen molar-refractivity contribution in [3.63, 3.8) is 0 Å². The minimum atomic E-state index is -0.0272. The van der Waals surface area contributed by atoms with Crippen LogP contribution in [0.4, 0.5) is 0 Å². The van der Waals surface area contributed by atoms with Crippen LogP contribution in [0.15, 0.2) is 0 Å². The first kappa shape index (κ1) is 16.4. The molecule has 0 aliphatic rings. The minimum absolute atomic E-state index is 0.0272. The molecule has 0 saturated heterocycles. The number of rotatable bonds is 6. The maximum Gasteiger partial charge on any atom is 0.224 e. The maximum absolute atomic E-state index is 12.1. The van der Waals surface area contributed by atoms with E-state index in [1.807, 2.05) is 11.8 Å². The number of amides is 1. The number of hydrogen-bond donors (Lipinski definition) is 1. The topological polar surface area (TPSA) is 46.3 Å². The maximum atomic E-state index is 12.1. The summed E-state index contributed by atoms with van der Waals surface area (Å²) in [6.45, 7) is 13.5. The van der Waals surface area contributed by atoms with Gasteiger partial charge in [0.1, 0.15) is 0 Å². The molecule has 3 nitrogen and oxygen atoms in total. The zero-order chi connectivity index (χ0) is 13.6. The van der Waals surface area contributed by atoms with Crippen molar-refractivity contribution in [2.75, 3.05) is 6.54 Å². The Morgan fingerprint density at radius 2 is 1.82 bits per heavy atom. The highest BCUT2D eigenvalue weighted by atomic mass is 16.2. The van der Waals surface area contributed by atoms with Gasteiger partial charge in [-0.3, -0.25) is 4.79 Å². The summed E-state index contributed by atoms with van der Waals surface area (Å²) in [5, 5.41) is 0. The van der Waals surface area contributed by atoms with Crippen molar-refractivity contribution in [1.82, 2.24) is 4.90 Å². The molecule has 1 amide bonds. The SMILES string of the molecule is CCC(C)N(CC)C(=O)CC(N)CC(C)(C)C. The largest absolute Gasteiger partial charge is 0.340 e. The predicted octanol–water partition coefficient (Wildman–Crippen LogP) is 2.79. The van der Waals surface area contributed by atoms with Crippen LogP contribution in [0.25, 0.3) is 0 Å². The molecule has 0 aromatic rings. The van der Waals surface area contributed by atoms with Crippen molar-refractivity contribution in [1.29, 1.82) is 0 Å². The summed E-state index contributed by atoms with van der Waals surface area (Å²) >= 11 is 0. The first-order chi connectivity index (χ1) is 7.71. The Bertz CT molecular complexity index is 233. The van der Waals surface area contributed by atoms with E-state index >= 15 is 0 Å². The van der Waals surface area contributed by atoms with Gasteiger partial charge in [0.2, 0.25) is 5.91 Å². The zero-order valence-corrected chi connectivity index (χ0v) is 12.4. The van der Waals surface area contributed by atoms with E-state index in [1.165, 1.54) is 0 Å². The number of carbonyl (C=O) groups is 1. The van der Waals surface area contributed by atoms with Crippen LogP contribution in [-0.2, 0) is 4.79 Å². The molecule has 0 aliphatic carbocycles. The average Bonchev–Trinajstić information content (AvgIpc) is 2.15. The van der Waals surface area contributed by atoms with Gasteiger partial charge in [-0.15, -0.1) is 0 Å². The van der Waals surface area contributed by atoms with E-state index in [1.54, 1.807) is 0 Å². The molecule has 2 atom stereocenters. The lowest BCUT2D eigenvalue weighted by Crippen LogP contribution is -2.41. The van der Waals surface area contributed by atoms with Gasteiger partial charge in [-0.2, -0.15) is 0 Å². The number of nitrogens with two attached hydrogens (primary N) is 1. The molecule has 0 aromatic heterocycles. The second kappa shape index (κ2) is 7.00. The van der Waals surface area contributed by atoms with Crippen molar-refractivity contribution in [2.24, 2.45) is 11.1 Å². The van der Waals surface area contributed by atoms with Gasteiger partial charge in [-0.25, -0.2) is 0 Å². The van der Waals surface area contributed by atoms with Crippen LogP contribution in [0.1, 0.15) is 60.8 Å². The summed E-state index contributed by atoms with van der Waals surface area (Å²) in [6, 6.07) is 0.287. The van der Waals surface area contributed by atoms with Gasteiger partial charge in [0.25, 0.3) is 0 Å². The fraction of sp³-hybridized carbons (Fsp3) is 0.929. The molecule has 2 unspecified atom stereocenters. The van der Waals surface area contributed by atoms with Crippen LogP contribution >= 0.6 is 0 Å². The second-order valence-electron chi connectivity index (χ2n) is 6.17. The van der Waals surface area contributed by atoms with Crippen LogP contribution in [-0.4, -0.2) is 29.4 Å². The van der Waals surface area contributed by atoms with E-state index in [0.29, 0.717) is 12.5 Å². The number of nitrogens with zero attached hydrogens (tertiary/aromatic N) is 1. The molecule has 0 saturated carbocycles. The smallest absolute Gasteiger partial charge is 0.224 e. The van der Waals surface area contributed by atoms with Gasteiger partial charge in [-0.1, -0.05) is 27.7 Å². The second-order valence-corrected chi connectivity index (χ2v) is 6.17. The minimum Gasteiger partial charge on any atom is -0.340 e. The third-order valence-electron chi connectivity index (χ3n) is 3.10. The third kappa shape index (κ3) is 6.67. The first-order valence-electron chi connectivity index (χ1n) is 6.76. The van der Waals surface area contributed by atoms with E-state index in [2.05, 4.69) is 34.6 Å². The summed E-state index contributed by atoms with van der Waals surface area (Å²) in [5.41, 5.74) is 6.23. The van der Waals surface area contributed by atoms with Crippen molar-refractivity contribution in [3.05, 3.63) is 0 Å². The highest BCUT2D eigenvalue weighted by molar-refractivity contribution is 5.77. The van der Waals surface area contributed by atoms with Crippen molar-refractivity contribution < 1.29 is 4.79 Å². The zero-order valence-electron chi connectivity index (χ0n) is 12.4. The van der Waals surface area contributed by atoms with E-state index < -0.39 is 0 Å². The van der Waals surface area contributed by atoms with E-state index in [9.17, 15) is 4.79 Å². The monoisotopic (exact) mass is 242 g/mol. The molecule has 17 heavy (non-hydrogen) atoms. The molecule has 0 radical (unpaired) electrons. The van der Waals surface area contributed by atoms with Crippen LogP contribution in [0.3, 0.4) is 0 Å². The standard InChI is InChI=1S/C14H30N2O/c1-7-11(3)16(8-2)13(17)9-12(15)10-14(4,5)6/h11-12H,7-10,15H2,1-6H3. The van der Waals surface area contributed by atoms with Crippen molar-refractivity contribution in [3.8, 4) is 0 Å². The molecule has 102 valence electrons. The molecule has 3 heteroatoms. The van der Waals surface area contributed by atoms with Crippen LogP contribution in [0.5, 0.6) is 0 Å². The Morgan fingerprint density at radius 1 is 1.29 bits per heavy atom. The Kier molecular flexibility index (Phi) is 6.76. The fourth-order valence-corrected chi connectivity index (χ4v) is 2.15. The first-order valence-corrected chi connectivity index (χ1v) is 6.76. The molecule has 0 aromatic carbocycles. The van der Waals surface area contributed by atoms with Gasteiger partial charge in [0, 0.05) is 25.0 Å². The highest BCUT2D eigenvalue weighted by Crippen LogP contribution is 2.21. The molecule has 0 aliphatic heterocycles. The van der Waals surface area contributed by atoms with Gasteiger partial charge < -0.3 is 10.6 Å². The summed E-state index contributed by atoms with van der Waals surface area (Å²) in [4.78, 5) is 14.0. The van der Waals surface area contributed by atoms with Crippen LogP contribution in [0.2, 0.25) is 0 Å². The molecule has 0 fully saturated rings. The summed E-state index contributed by atoms with van der Waals surface area (Å²) in [6.07, 6.45) is 2.35. The van der Waals surface area contributed by atoms with Gasteiger partial charge in [0.05, 0.1) is 0 Å². The van der Waals surface area contributed by atoms with Gasteiger partial charge in [0.15, 0.2) is 0 Å². The van der Waals surface area contributed by atoms with E-state index in [0.717, 1.165) is 19.4 Å². The van der Waals surface area contributed by atoms with E-state index in [4.69, 9.17) is 5.73 Å². The third-order valence-corrected chi connectivity index (χ3v) is 3.10. The molecule has 0 heterocycles. The fourth-order valence-electron chi connectivity index (χ4n) is 2.15. The highest BCUT2D eigenvalue weighted by Gasteiger charge is 2.22. The van der Waals surface area contributed by atoms with E-state index in [-0.39, 0.29) is 17.4 Å². The molecular weight excluding hydrogens is 212 g/mol. The Morgan fingerprint density at radius 3 is 2.18 bits per heavy atom. The van der Waals surface area contributed by atoms with Crippen molar-refractivity contribution >= 4 is 5.91 Å². The lowest BCUT2D eigenvalue weighted by Gasteiger charge is -2.29. The summed E-state index contributed by atoms with van der Waals surface area (Å²) in [7, 11) is 0. The normalized spacial score (nSPS) is 15.5. The van der Waals surface area contributed by atoms with Crippen LogP contribution < -0.4 is 5.73 Å². The van der Waals surface area contributed by atoms with Crippen LogP contribution in [0, 0.1) is 5.41 Å². The molecule has 2 N–H and O–H groups in total. The quantitative estimate of drug-likeness (QED) is 0.778. The van der Waals surface area contributed by atoms with Gasteiger partial charge in [-0.05, 0) is 32.1 Å². The lowest BCUT2D eigenvalue weighted by atomic mass is 9.87. The van der Waals surface area contributed by atoms with Crippen molar-refractivity contribution in [2.45, 2.75) is 72.9 Å². The molecule has 0 spiro atoms. The Labute approximate surface area is 107 Å². The average molecular weight is 242 g/mol. The molecule has 0 bridgehead atoms. The Hall–Kier alpha value is -0.570. The van der Waals surface area contributed by atoms with Gasteiger partial charge >= 0.3 is 0 Å². The lowest BCUT2D eigenvalue weighted by molar-refractivity contribution is -0.133. The summed E-state index contributed by atoms with van der Waals surface area (Å²) in [5.74, 6) is 0.193. The molecule has 0 rings (SSSR count). The summed E-state index contributed by atoms with van der Waals surface area (Å²) < 4.78 is 0.